The van der Waals surface area contributed by atoms with Crippen LogP contribution in [0.3, 0.4) is 0 Å². The highest BCUT2D eigenvalue weighted by atomic mass is 16.5. The van der Waals surface area contributed by atoms with Crippen LogP contribution in [0.2, 0.25) is 0 Å². The van der Waals surface area contributed by atoms with Crippen molar-refractivity contribution in [2.45, 2.75) is 0 Å². The van der Waals surface area contributed by atoms with Crippen molar-refractivity contribution in [3.8, 4) is 23.0 Å². The quantitative estimate of drug-likeness (QED) is 0.191. The number of ether oxygens (including phenoxy) is 2. The number of carboxylic acids is 4. The minimum Gasteiger partial charge on any atom is -0.478 e. The van der Waals surface area contributed by atoms with Crippen molar-refractivity contribution in [1.29, 1.82) is 0 Å². The Balaban J connectivity index is 1.56. The molecule has 11 nitrogen and oxygen atoms in total. The number of aromatic carboxylic acids is 4. The Kier molecular flexibility index (Phi) is 7.57. The zero-order valence-electron chi connectivity index (χ0n) is 20.2. The Morgan fingerprint density at radius 2 is 0.900 bits per heavy atom. The summed E-state index contributed by atoms with van der Waals surface area (Å²) in [5.74, 6) is -5.68. The Labute approximate surface area is 225 Å². The van der Waals surface area contributed by atoms with E-state index in [1.54, 1.807) is 12.1 Å². The molecule has 0 unspecified atom stereocenters. The molecule has 0 saturated carbocycles. The molecular formula is C29H18O11. The van der Waals surface area contributed by atoms with Crippen molar-refractivity contribution >= 4 is 29.7 Å². The van der Waals surface area contributed by atoms with Gasteiger partial charge in [-0.3, -0.25) is 4.79 Å². The summed E-state index contributed by atoms with van der Waals surface area (Å²) >= 11 is 0. The normalized spacial score (nSPS) is 10.4. The predicted molar refractivity (Wildman–Crippen MR) is 137 cm³/mol. The zero-order chi connectivity index (χ0) is 29.0. The Hall–Kier alpha value is -5.97. The van der Waals surface area contributed by atoms with Crippen molar-refractivity contribution in [2.24, 2.45) is 0 Å². The van der Waals surface area contributed by atoms with E-state index in [1.165, 1.54) is 48.5 Å². The van der Waals surface area contributed by atoms with Crippen molar-refractivity contribution in [2.75, 3.05) is 0 Å². The van der Waals surface area contributed by atoms with E-state index in [4.69, 9.17) is 14.6 Å². The number of hydrogen-bond donors (Lipinski definition) is 4. The summed E-state index contributed by atoms with van der Waals surface area (Å²) in [6.45, 7) is 0. The first-order chi connectivity index (χ1) is 19.0. The van der Waals surface area contributed by atoms with Gasteiger partial charge in [-0.1, -0.05) is 12.1 Å². The molecule has 0 amide bonds. The third kappa shape index (κ3) is 5.78. The lowest BCUT2D eigenvalue weighted by atomic mass is 10.0. The minimum absolute atomic E-state index is 0.0149. The zero-order valence-corrected chi connectivity index (χ0v) is 20.2. The number of benzene rings is 4. The van der Waals surface area contributed by atoms with Gasteiger partial charge in [-0.15, -0.1) is 0 Å². The van der Waals surface area contributed by atoms with Gasteiger partial charge in [-0.05, 0) is 72.8 Å². The minimum atomic E-state index is -1.45. The van der Waals surface area contributed by atoms with Gasteiger partial charge in [-0.25, -0.2) is 19.2 Å². The van der Waals surface area contributed by atoms with E-state index in [1.807, 2.05) is 0 Å². The lowest BCUT2D eigenvalue weighted by Crippen LogP contribution is -2.08. The van der Waals surface area contributed by atoms with Gasteiger partial charge in [0, 0.05) is 5.56 Å². The van der Waals surface area contributed by atoms with Crippen LogP contribution >= 0.6 is 0 Å². The molecule has 0 spiro atoms. The second-order valence-corrected chi connectivity index (χ2v) is 8.19. The van der Waals surface area contributed by atoms with Crippen LogP contribution < -0.4 is 9.47 Å². The predicted octanol–water partition coefficient (Wildman–Crippen LogP) is 5.30. The van der Waals surface area contributed by atoms with Gasteiger partial charge in [0.2, 0.25) is 0 Å². The van der Waals surface area contributed by atoms with E-state index in [0.717, 1.165) is 24.3 Å². The maximum Gasteiger partial charge on any atom is 0.336 e. The average Bonchev–Trinajstić information content (AvgIpc) is 2.93. The SMILES string of the molecule is O=C(c1ccc(Oc2ccc(C(=O)O)c(C(=O)O)c2)cc1)c1ccccc1Oc1ccc(C(=O)O)c(C(=O)O)c1. The number of carbonyl (C=O) groups is 5. The van der Waals surface area contributed by atoms with Crippen molar-refractivity contribution < 1.29 is 53.9 Å². The van der Waals surface area contributed by atoms with Crippen LogP contribution in [0.25, 0.3) is 0 Å². The van der Waals surface area contributed by atoms with Gasteiger partial charge in [0.1, 0.15) is 23.0 Å². The number of carboxylic acid groups (broad SMARTS) is 4. The van der Waals surface area contributed by atoms with Crippen molar-refractivity contribution in [1.82, 2.24) is 0 Å². The number of hydrogen-bond acceptors (Lipinski definition) is 7. The third-order valence-electron chi connectivity index (χ3n) is 5.62. The van der Waals surface area contributed by atoms with E-state index in [2.05, 4.69) is 0 Å². The highest BCUT2D eigenvalue weighted by Crippen LogP contribution is 2.30. The van der Waals surface area contributed by atoms with Crippen LogP contribution in [0.15, 0.2) is 84.9 Å². The first-order valence-corrected chi connectivity index (χ1v) is 11.4. The first kappa shape index (κ1) is 27.1. The molecule has 0 aliphatic heterocycles. The highest BCUT2D eigenvalue weighted by Gasteiger charge is 2.20. The van der Waals surface area contributed by atoms with Gasteiger partial charge < -0.3 is 29.9 Å². The molecule has 4 rings (SSSR count). The molecule has 0 radical (unpaired) electrons. The molecule has 0 aliphatic rings. The van der Waals surface area contributed by atoms with Crippen LogP contribution in [0, 0.1) is 0 Å². The molecule has 200 valence electrons. The van der Waals surface area contributed by atoms with Gasteiger partial charge in [0.15, 0.2) is 5.78 Å². The fourth-order valence-electron chi connectivity index (χ4n) is 3.74. The Bertz CT molecular complexity index is 1670. The van der Waals surface area contributed by atoms with Crippen LogP contribution in [0.4, 0.5) is 0 Å². The molecule has 0 bridgehead atoms. The molecule has 0 fully saturated rings. The summed E-state index contributed by atoms with van der Waals surface area (Å²) in [7, 11) is 0. The largest absolute Gasteiger partial charge is 0.478 e. The summed E-state index contributed by atoms with van der Waals surface area (Å²) in [6, 6.07) is 19.0. The van der Waals surface area contributed by atoms with Gasteiger partial charge in [-0.2, -0.15) is 0 Å². The molecule has 0 saturated heterocycles. The van der Waals surface area contributed by atoms with Crippen LogP contribution in [-0.2, 0) is 0 Å². The van der Waals surface area contributed by atoms with E-state index >= 15 is 0 Å². The average molecular weight is 542 g/mol. The molecular weight excluding hydrogens is 524 g/mol. The molecule has 0 heterocycles. The lowest BCUT2D eigenvalue weighted by Gasteiger charge is -2.12. The van der Waals surface area contributed by atoms with Crippen molar-refractivity contribution in [3.05, 3.63) is 118 Å². The van der Waals surface area contributed by atoms with Crippen LogP contribution in [0.1, 0.15) is 57.4 Å². The molecule has 40 heavy (non-hydrogen) atoms. The van der Waals surface area contributed by atoms with Gasteiger partial charge >= 0.3 is 23.9 Å². The first-order valence-electron chi connectivity index (χ1n) is 11.4. The number of rotatable bonds is 10. The number of carbonyl (C=O) groups excluding carboxylic acids is 1. The Morgan fingerprint density at radius 3 is 1.40 bits per heavy atom. The van der Waals surface area contributed by atoms with Gasteiger partial charge in [0.05, 0.1) is 27.8 Å². The summed E-state index contributed by atoms with van der Waals surface area (Å²) in [5, 5.41) is 37.0. The smallest absolute Gasteiger partial charge is 0.336 e. The summed E-state index contributed by atoms with van der Waals surface area (Å²) in [5.41, 5.74) is -1.34. The van der Waals surface area contributed by atoms with E-state index in [-0.39, 0.29) is 34.1 Å². The summed E-state index contributed by atoms with van der Waals surface area (Å²) < 4.78 is 11.4. The molecule has 11 heteroatoms. The van der Waals surface area contributed by atoms with Gasteiger partial charge in [0.25, 0.3) is 0 Å². The second-order valence-electron chi connectivity index (χ2n) is 8.19. The molecule has 0 aromatic heterocycles. The lowest BCUT2D eigenvalue weighted by molar-refractivity contribution is 0.0651. The summed E-state index contributed by atoms with van der Waals surface area (Å²) in [4.78, 5) is 58.7. The molecule has 0 atom stereocenters. The maximum atomic E-state index is 13.3. The topological polar surface area (TPSA) is 185 Å². The van der Waals surface area contributed by atoms with E-state index in [0.29, 0.717) is 0 Å². The Morgan fingerprint density at radius 1 is 0.450 bits per heavy atom. The molecule has 0 aliphatic carbocycles. The third-order valence-corrected chi connectivity index (χ3v) is 5.62. The summed E-state index contributed by atoms with van der Waals surface area (Å²) in [6.07, 6.45) is 0. The van der Waals surface area contributed by atoms with Crippen LogP contribution in [0.5, 0.6) is 23.0 Å². The van der Waals surface area contributed by atoms with E-state index < -0.39 is 51.9 Å². The number of para-hydroxylation sites is 1. The number of ketones is 1. The molecule has 4 aromatic rings. The molecule has 4 aromatic carbocycles. The second kappa shape index (κ2) is 11.2. The molecule has 4 N–H and O–H groups in total. The van der Waals surface area contributed by atoms with Crippen LogP contribution in [-0.4, -0.2) is 50.1 Å². The van der Waals surface area contributed by atoms with E-state index in [9.17, 15) is 39.3 Å². The highest BCUT2D eigenvalue weighted by molar-refractivity contribution is 6.11. The fourth-order valence-corrected chi connectivity index (χ4v) is 3.74. The maximum absolute atomic E-state index is 13.3. The monoisotopic (exact) mass is 542 g/mol. The fraction of sp³-hybridized carbons (Fsp3) is 0. The van der Waals surface area contributed by atoms with Crippen molar-refractivity contribution in [3.63, 3.8) is 0 Å². The standard InChI is InChI=1S/C29H18O11/c30-25(15-5-7-16(8-6-15)39-17-9-11-19(26(31)32)22(13-17)28(35)36)21-3-1-2-4-24(21)40-18-10-12-20(27(33)34)23(14-18)29(37)38/h1-14H,(H,31,32)(H,33,34)(H,35,36)(H,37,38).